The average Bonchev–Trinajstić information content (AvgIpc) is 3.59. The molecular weight excluding hydrogens is 413 g/mol. The number of rotatable bonds is 6. The molecule has 1 aliphatic heterocycles. The third-order valence-corrected chi connectivity index (χ3v) is 6.00. The minimum atomic E-state index is -0.608. The lowest BCUT2D eigenvalue weighted by molar-refractivity contribution is 0.0963. The van der Waals surface area contributed by atoms with Gasteiger partial charge in [-0.05, 0) is 38.3 Å². The van der Waals surface area contributed by atoms with Crippen molar-refractivity contribution in [3.05, 3.63) is 35.4 Å². The molecule has 1 saturated heterocycles. The van der Waals surface area contributed by atoms with Crippen LogP contribution in [0.5, 0.6) is 5.75 Å². The quantitative estimate of drug-likeness (QED) is 0.541. The van der Waals surface area contributed by atoms with Gasteiger partial charge in [-0.3, -0.25) is 4.79 Å². The molecule has 0 radical (unpaired) electrons. The largest absolute Gasteiger partial charge is 0.495 e. The van der Waals surface area contributed by atoms with Gasteiger partial charge in [0.05, 0.1) is 18.9 Å². The number of carbonyl (C=O) groups excluding carboxylic acids is 1. The Hall–Kier alpha value is -3.27. The number of carbonyl (C=O) groups is 1. The predicted molar refractivity (Wildman–Crippen MR) is 118 cm³/mol. The molecule has 0 unspecified atom stereocenters. The third-order valence-electron chi connectivity index (χ3n) is 6.00. The average molecular weight is 439 g/mol. The van der Waals surface area contributed by atoms with E-state index in [1.807, 2.05) is 6.07 Å². The Labute approximate surface area is 184 Å². The van der Waals surface area contributed by atoms with Crippen molar-refractivity contribution in [2.75, 3.05) is 32.6 Å². The van der Waals surface area contributed by atoms with E-state index in [-0.39, 0.29) is 17.3 Å². The van der Waals surface area contributed by atoms with Crippen LogP contribution in [0.3, 0.4) is 0 Å². The van der Waals surface area contributed by atoms with Crippen LogP contribution in [-0.2, 0) is 0 Å². The molecule has 1 aliphatic carbocycles. The molecule has 3 aromatic rings. The molecule has 32 heavy (non-hydrogen) atoms. The number of amides is 1. The lowest BCUT2D eigenvalue weighted by Crippen LogP contribution is -2.39. The summed E-state index contributed by atoms with van der Waals surface area (Å²) >= 11 is 0. The Kier molecular flexibility index (Phi) is 5.38. The van der Waals surface area contributed by atoms with Crippen molar-refractivity contribution >= 4 is 17.4 Å². The second-order valence-corrected chi connectivity index (χ2v) is 8.27. The van der Waals surface area contributed by atoms with E-state index in [0.29, 0.717) is 28.8 Å². The summed E-state index contributed by atoms with van der Waals surface area (Å²) < 4.78 is 22.3. The number of imidazole rings is 1. The highest BCUT2D eigenvalue weighted by Crippen LogP contribution is 2.43. The summed E-state index contributed by atoms with van der Waals surface area (Å²) in [6, 6.07) is 3.14. The second kappa shape index (κ2) is 8.34. The van der Waals surface area contributed by atoms with Gasteiger partial charge in [0.2, 0.25) is 0 Å². The molecule has 0 spiro atoms. The number of fused-ring (bicyclic) bond motifs is 1. The predicted octanol–water partition coefficient (Wildman–Crippen LogP) is 2.34. The van der Waals surface area contributed by atoms with Crippen LogP contribution in [0.4, 0.5) is 10.2 Å². The van der Waals surface area contributed by atoms with Gasteiger partial charge in [0.15, 0.2) is 11.5 Å². The highest BCUT2D eigenvalue weighted by molar-refractivity contribution is 5.99. The van der Waals surface area contributed by atoms with Crippen LogP contribution in [0.2, 0.25) is 0 Å². The first-order chi connectivity index (χ1) is 15.6. The van der Waals surface area contributed by atoms with Crippen LogP contribution in [0, 0.1) is 5.82 Å². The first-order valence-electron chi connectivity index (χ1n) is 10.9. The molecule has 2 aliphatic rings. The highest BCUT2D eigenvalue weighted by atomic mass is 19.1. The van der Waals surface area contributed by atoms with Gasteiger partial charge in [0.25, 0.3) is 5.91 Å². The molecule has 3 N–H and O–H groups in total. The molecule has 1 atom stereocenters. The van der Waals surface area contributed by atoms with Gasteiger partial charge in [-0.1, -0.05) is 0 Å². The van der Waals surface area contributed by atoms with Crippen molar-refractivity contribution in [3.63, 3.8) is 0 Å². The highest BCUT2D eigenvalue weighted by Gasteiger charge is 2.30. The summed E-state index contributed by atoms with van der Waals surface area (Å²) in [6.45, 7) is 1.71. The van der Waals surface area contributed by atoms with E-state index in [1.54, 1.807) is 17.8 Å². The fraction of sp³-hybridized carbons (Fsp3) is 0.455. The number of ether oxygens (including phenoxy) is 1. The summed E-state index contributed by atoms with van der Waals surface area (Å²) in [4.78, 5) is 21.4. The van der Waals surface area contributed by atoms with Crippen LogP contribution >= 0.6 is 0 Å². The van der Waals surface area contributed by atoms with Crippen LogP contribution in [0.1, 0.15) is 47.7 Å². The first kappa shape index (κ1) is 20.6. The maximum Gasteiger partial charge on any atom is 0.254 e. The molecule has 10 heteroatoms. The zero-order valence-electron chi connectivity index (χ0n) is 18.1. The number of anilines is 1. The van der Waals surface area contributed by atoms with Gasteiger partial charge in [-0.15, -0.1) is 0 Å². The molecule has 3 aromatic heterocycles. The van der Waals surface area contributed by atoms with Crippen LogP contribution in [-0.4, -0.2) is 58.8 Å². The van der Waals surface area contributed by atoms with Gasteiger partial charge in [-0.25, -0.2) is 18.9 Å². The molecule has 2 fully saturated rings. The van der Waals surface area contributed by atoms with E-state index < -0.39 is 11.7 Å². The molecule has 5 rings (SSSR count). The van der Waals surface area contributed by atoms with Crippen LogP contribution in [0.15, 0.2) is 18.3 Å². The summed E-state index contributed by atoms with van der Waals surface area (Å²) in [5.74, 6) is 0.372. The van der Waals surface area contributed by atoms with E-state index in [1.165, 1.54) is 13.1 Å². The SMILES string of the molecule is CNC(=O)c1cc(F)c(-c2cnc3cc(OC)c(C4CC4)nn23)nc1N[C@@H]1CCCNC1. The molecule has 1 amide bonds. The number of hydrogen-bond donors (Lipinski definition) is 3. The van der Waals surface area contributed by atoms with Gasteiger partial charge < -0.3 is 20.7 Å². The summed E-state index contributed by atoms with van der Waals surface area (Å²) in [6.07, 6.45) is 5.61. The molecule has 0 aromatic carbocycles. The molecular formula is C22H26FN7O2. The normalized spacial score (nSPS) is 18.5. The molecule has 4 heterocycles. The van der Waals surface area contributed by atoms with Gasteiger partial charge in [-0.2, -0.15) is 5.10 Å². The van der Waals surface area contributed by atoms with Crippen molar-refractivity contribution < 1.29 is 13.9 Å². The molecule has 0 bridgehead atoms. The van der Waals surface area contributed by atoms with Gasteiger partial charge in [0.1, 0.15) is 28.6 Å². The number of methoxy groups -OCH3 is 1. The van der Waals surface area contributed by atoms with Crippen molar-refractivity contribution in [2.24, 2.45) is 0 Å². The van der Waals surface area contributed by atoms with E-state index in [4.69, 9.17) is 9.84 Å². The van der Waals surface area contributed by atoms with Crippen LogP contribution in [0.25, 0.3) is 17.0 Å². The maximum absolute atomic E-state index is 15.2. The zero-order chi connectivity index (χ0) is 22.2. The minimum absolute atomic E-state index is 0.0934. The Morgan fingerprint density at radius 2 is 2.16 bits per heavy atom. The van der Waals surface area contributed by atoms with Crippen LogP contribution < -0.4 is 20.7 Å². The summed E-state index contributed by atoms with van der Waals surface area (Å²) in [7, 11) is 3.13. The Morgan fingerprint density at radius 1 is 1.31 bits per heavy atom. The molecule has 1 saturated carbocycles. The number of aromatic nitrogens is 4. The topological polar surface area (TPSA) is 105 Å². The van der Waals surface area contributed by atoms with Crippen molar-refractivity contribution in [1.82, 2.24) is 30.2 Å². The summed E-state index contributed by atoms with van der Waals surface area (Å²) in [5.41, 5.74) is 2.07. The van der Waals surface area contributed by atoms with E-state index in [2.05, 4.69) is 25.9 Å². The van der Waals surface area contributed by atoms with Gasteiger partial charge >= 0.3 is 0 Å². The van der Waals surface area contributed by atoms with E-state index in [0.717, 1.165) is 44.5 Å². The summed E-state index contributed by atoms with van der Waals surface area (Å²) in [5, 5.41) is 13.9. The number of pyridine rings is 1. The third kappa shape index (κ3) is 3.75. The second-order valence-electron chi connectivity index (χ2n) is 8.27. The number of hydrogen-bond acceptors (Lipinski definition) is 7. The minimum Gasteiger partial charge on any atom is -0.495 e. The fourth-order valence-corrected chi connectivity index (χ4v) is 4.13. The monoisotopic (exact) mass is 439 g/mol. The maximum atomic E-state index is 15.2. The zero-order valence-corrected chi connectivity index (χ0v) is 18.1. The molecule has 9 nitrogen and oxygen atoms in total. The van der Waals surface area contributed by atoms with E-state index >= 15 is 4.39 Å². The standard InChI is InChI=1S/C22H26FN7O2/c1-24-22(31)14-8-15(23)20(28-21(14)27-13-4-3-7-25-10-13)16-11-26-18-9-17(32-2)19(12-5-6-12)29-30(16)18/h8-9,11-13,25H,3-7,10H2,1-2H3,(H,24,31)(H,27,28)/t13-/m1/s1. The number of piperidine rings is 1. The molecule has 168 valence electrons. The van der Waals surface area contributed by atoms with Crippen molar-refractivity contribution in [2.45, 2.75) is 37.6 Å². The van der Waals surface area contributed by atoms with Crippen molar-refractivity contribution in [1.29, 1.82) is 0 Å². The Bertz CT molecular complexity index is 1170. The van der Waals surface area contributed by atoms with E-state index in [9.17, 15) is 4.79 Å². The first-order valence-corrected chi connectivity index (χ1v) is 10.9. The van der Waals surface area contributed by atoms with Crippen molar-refractivity contribution in [3.8, 4) is 17.1 Å². The number of nitrogens with one attached hydrogen (secondary N) is 3. The number of nitrogens with zero attached hydrogens (tertiary/aromatic N) is 4. The lowest BCUT2D eigenvalue weighted by atomic mass is 10.1. The Balaban J connectivity index is 1.61. The smallest absolute Gasteiger partial charge is 0.254 e. The Morgan fingerprint density at radius 3 is 2.84 bits per heavy atom. The lowest BCUT2D eigenvalue weighted by Gasteiger charge is -2.25. The fourth-order valence-electron chi connectivity index (χ4n) is 4.13. The van der Waals surface area contributed by atoms with Gasteiger partial charge in [0, 0.05) is 31.6 Å². The number of halogens is 1.